The Balaban J connectivity index is 2.05. The van der Waals surface area contributed by atoms with E-state index in [0.717, 1.165) is 19.6 Å². The number of nitrogens with one attached hydrogen (secondary N) is 1. The van der Waals surface area contributed by atoms with Crippen molar-refractivity contribution in [3.63, 3.8) is 0 Å². The van der Waals surface area contributed by atoms with Crippen LogP contribution in [0.2, 0.25) is 5.28 Å². The van der Waals surface area contributed by atoms with Gasteiger partial charge in [0, 0.05) is 19.6 Å². The summed E-state index contributed by atoms with van der Waals surface area (Å²) in [5, 5.41) is 3.60. The molecule has 0 atom stereocenters. The predicted octanol–water partition coefficient (Wildman–Crippen LogP) is 3.47. The highest BCUT2D eigenvalue weighted by atomic mass is 35.5. The highest BCUT2D eigenvalue weighted by molar-refractivity contribution is 6.28. The molecule has 1 aromatic heterocycles. The molecule has 21 heavy (non-hydrogen) atoms. The molecule has 5 nitrogen and oxygen atoms in total. The second-order valence-corrected chi connectivity index (χ2v) is 6.79. The van der Waals surface area contributed by atoms with E-state index in [0.29, 0.717) is 29.7 Å². The lowest BCUT2D eigenvalue weighted by Gasteiger charge is -2.25. The summed E-state index contributed by atoms with van der Waals surface area (Å²) in [6.45, 7) is 11.9. The first-order chi connectivity index (χ1) is 9.97. The van der Waals surface area contributed by atoms with Crippen LogP contribution in [0.1, 0.15) is 40.5 Å². The first-order valence-electron chi connectivity index (χ1n) is 7.87. The molecule has 6 heteroatoms. The third kappa shape index (κ3) is 4.43. The first-order valence-corrected chi connectivity index (χ1v) is 8.25. The number of aromatic nitrogens is 3. The van der Waals surface area contributed by atoms with Crippen LogP contribution < -0.4 is 10.2 Å². The van der Waals surface area contributed by atoms with E-state index in [1.165, 1.54) is 12.8 Å². The lowest BCUT2D eigenvalue weighted by molar-refractivity contribution is 0.304. The van der Waals surface area contributed by atoms with Crippen molar-refractivity contribution >= 4 is 23.5 Å². The van der Waals surface area contributed by atoms with Crippen molar-refractivity contribution in [3.05, 3.63) is 5.28 Å². The summed E-state index contributed by atoms with van der Waals surface area (Å²) in [5.41, 5.74) is 0. The normalized spacial score (nSPS) is 15.5. The van der Waals surface area contributed by atoms with Gasteiger partial charge in [0.05, 0.1) is 0 Å². The van der Waals surface area contributed by atoms with E-state index in [1.807, 2.05) is 0 Å². The minimum absolute atomic E-state index is 0.264. The lowest BCUT2D eigenvalue weighted by Crippen LogP contribution is -2.26. The Labute approximate surface area is 132 Å². The van der Waals surface area contributed by atoms with Crippen LogP contribution in [0.5, 0.6) is 0 Å². The molecular weight excluding hydrogens is 286 g/mol. The van der Waals surface area contributed by atoms with Crippen LogP contribution in [0.15, 0.2) is 0 Å². The summed E-state index contributed by atoms with van der Waals surface area (Å²) < 4.78 is 0. The van der Waals surface area contributed by atoms with Crippen molar-refractivity contribution in [1.82, 2.24) is 15.0 Å². The van der Waals surface area contributed by atoms with Gasteiger partial charge in [0.25, 0.3) is 0 Å². The molecule has 0 aliphatic carbocycles. The molecule has 1 aliphatic rings. The smallest absolute Gasteiger partial charge is 0.231 e. The second kappa shape index (κ2) is 7.25. The fourth-order valence-electron chi connectivity index (χ4n) is 2.93. The van der Waals surface area contributed by atoms with Crippen LogP contribution in [-0.4, -0.2) is 34.6 Å². The van der Waals surface area contributed by atoms with Crippen molar-refractivity contribution in [2.45, 2.75) is 40.5 Å². The number of anilines is 2. The van der Waals surface area contributed by atoms with Gasteiger partial charge in [-0.05, 0) is 42.2 Å². The van der Waals surface area contributed by atoms with E-state index in [4.69, 9.17) is 11.6 Å². The van der Waals surface area contributed by atoms with E-state index in [9.17, 15) is 0 Å². The number of hydrogen-bond acceptors (Lipinski definition) is 5. The summed E-state index contributed by atoms with van der Waals surface area (Å²) in [6.07, 6.45) is 2.38. The Morgan fingerprint density at radius 2 is 1.67 bits per heavy atom. The van der Waals surface area contributed by atoms with Gasteiger partial charge in [0.1, 0.15) is 0 Å². The Hall–Kier alpha value is -1.10. The zero-order valence-corrected chi connectivity index (χ0v) is 14.2. The Morgan fingerprint density at radius 1 is 1.05 bits per heavy atom. The van der Waals surface area contributed by atoms with E-state index in [2.05, 4.69) is 52.9 Å². The lowest BCUT2D eigenvalue weighted by atomic mass is 9.85. The molecule has 0 unspecified atom stereocenters. The maximum Gasteiger partial charge on any atom is 0.231 e. The molecule has 0 spiro atoms. The minimum Gasteiger partial charge on any atom is -0.354 e. The summed E-state index contributed by atoms with van der Waals surface area (Å²) in [6, 6.07) is 0. The molecule has 1 aromatic rings. The van der Waals surface area contributed by atoms with Crippen molar-refractivity contribution in [2.75, 3.05) is 29.9 Å². The van der Waals surface area contributed by atoms with Gasteiger partial charge >= 0.3 is 0 Å². The molecule has 2 heterocycles. The molecule has 0 saturated carbocycles. The number of nitrogens with zero attached hydrogens (tertiary/aromatic N) is 4. The molecule has 0 radical (unpaired) electrons. The van der Waals surface area contributed by atoms with Gasteiger partial charge in [-0.15, -0.1) is 0 Å². The SMILES string of the molecule is CC(C)C(CNc1nc(Cl)nc(N2CCCC2)n1)C(C)C. The van der Waals surface area contributed by atoms with Gasteiger partial charge in [-0.1, -0.05) is 27.7 Å². The predicted molar refractivity (Wildman–Crippen MR) is 87.9 cm³/mol. The van der Waals surface area contributed by atoms with Gasteiger partial charge in [0.15, 0.2) is 0 Å². The molecule has 118 valence electrons. The third-order valence-corrected chi connectivity index (χ3v) is 4.36. The zero-order chi connectivity index (χ0) is 15.4. The molecule has 1 saturated heterocycles. The van der Waals surface area contributed by atoms with E-state index in [-0.39, 0.29) is 5.28 Å². The standard InChI is InChI=1S/C15H26ClN5/c1-10(2)12(11(3)4)9-17-14-18-13(16)19-15(20-14)21-7-5-6-8-21/h10-12H,5-9H2,1-4H3,(H,17,18,19,20). The largest absolute Gasteiger partial charge is 0.354 e. The monoisotopic (exact) mass is 311 g/mol. The molecule has 0 bridgehead atoms. The maximum absolute atomic E-state index is 6.04. The number of rotatable bonds is 6. The average molecular weight is 312 g/mol. The average Bonchev–Trinajstić information content (AvgIpc) is 2.91. The fraction of sp³-hybridized carbons (Fsp3) is 0.800. The molecule has 0 aromatic carbocycles. The molecule has 0 amide bonds. The Morgan fingerprint density at radius 3 is 2.24 bits per heavy atom. The zero-order valence-electron chi connectivity index (χ0n) is 13.4. The number of halogens is 1. The third-order valence-electron chi connectivity index (χ3n) is 4.19. The molecule has 1 aliphatic heterocycles. The van der Waals surface area contributed by atoms with E-state index >= 15 is 0 Å². The topological polar surface area (TPSA) is 53.9 Å². The van der Waals surface area contributed by atoms with Crippen LogP contribution >= 0.6 is 11.6 Å². The molecule has 1 N–H and O–H groups in total. The van der Waals surface area contributed by atoms with Gasteiger partial charge in [0.2, 0.25) is 17.2 Å². The summed E-state index contributed by atoms with van der Waals surface area (Å²) in [7, 11) is 0. The number of hydrogen-bond donors (Lipinski definition) is 1. The van der Waals surface area contributed by atoms with Crippen LogP contribution in [0, 0.1) is 17.8 Å². The summed E-state index contributed by atoms with van der Waals surface area (Å²) in [5.74, 6) is 3.10. The Bertz CT molecular complexity index is 449. The highest BCUT2D eigenvalue weighted by Crippen LogP contribution is 2.22. The van der Waals surface area contributed by atoms with Gasteiger partial charge in [-0.2, -0.15) is 15.0 Å². The Kier molecular flexibility index (Phi) is 5.62. The van der Waals surface area contributed by atoms with Crippen LogP contribution in [0.25, 0.3) is 0 Å². The van der Waals surface area contributed by atoms with Gasteiger partial charge < -0.3 is 10.2 Å². The van der Waals surface area contributed by atoms with Crippen molar-refractivity contribution in [2.24, 2.45) is 17.8 Å². The summed E-state index contributed by atoms with van der Waals surface area (Å²) in [4.78, 5) is 15.1. The van der Waals surface area contributed by atoms with Gasteiger partial charge in [-0.3, -0.25) is 0 Å². The highest BCUT2D eigenvalue weighted by Gasteiger charge is 2.19. The van der Waals surface area contributed by atoms with Crippen LogP contribution in [-0.2, 0) is 0 Å². The van der Waals surface area contributed by atoms with E-state index in [1.54, 1.807) is 0 Å². The second-order valence-electron chi connectivity index (χ2n) is 6.45. The van der Waals surface area contributed by atoms with Gasteiger partial charge in [-0.25, -0.2) is 0 Å². The van der Waals surface area contributed by atoms with Crippen molar-refractivity contribution in [3.8, 4) is 0 Å². The molecule has 1 fully saturated rings. The maximum atomic E-state index is 6.04. The minimum atomic E-state index is 0.264. The van der Waals surface area contributed by atoms with Crippen LogP contribution in [0.4, 0.5) is 11.9 Å². The fourth-order valence-corrected chi connectivity index (χ4v) is 3.08. The van der Waals surface area contributed by atoms with E-state index < -0.39 is 0 Å². The van der Waals surface area contributed by atoms with Crippen molar-refractivity contribution in [1.29, 1.82) is 0 Å². The van der Waals surface area contributed by atoms with Crippen molar-refractivity contribution < 1.29 is 0 Å². The quantitative estimate of drug-likeness (QED) is 0.872. The molecule has 2 rings (SSSR count). The molecular formula is C15H26ClN5. The summed E-state index contributed by atoms with van der Waals surface area (Å²) >= 11 is 6.04. The first kappa shape index (κ1) is 16.3. The van der Waals surface area contributed by atoms with Crippen LogP contribution in [0.3, 0.4) is 0 Å².